The van der Waals surface area contributed by atoms with Crippen molar-refractivity contribution in [3.63, 3.8) is 0 Å². The van der Waals surface area contributed by atoms with E-state index in [4.69, 9.17) is 9.47 Å². The number of ether oxygens (including phenoxy) is 2. The fraction of sp³-hybridized carbons (Fsp3) is 0.143. The first kappa shape index (κ1) is 20.6. The zero-order valence-corrected chi connectivity index (χ0v) is 17.1. The topological polar surface area (TPSA) is 102 Å². The summed E-state index contributed by atoms with van der Waals surface area (Å²) in [6, 6.07) is 14.6. The number of hydrogen-bond acceptors (Lipinski definition) is 6. The van der Waals surface area contributed by atoms with Gasteiger partial charge in [-0.05, 0) is 29.1 Å². The molecule has 1 heterocycles. The molecule has 1 fully saturated rings. The molecule has 0 spiro atoms. The van der Waals surface area contributed by atoms with Gasteiger partial charge < -0.3 is 9.47 Å². The van der Waals surface area contributed by atoms with Crippen LogP contribution in [0.25, 0.3) is 10.8 Å². The maximum Gasteiger partial charge on any atom is 0.337 e. The lowest BCUT2D eigenvalue weighted by Crippen LogP contribution is -2.30. The maximum atomic E-state index is 15.6. The van der Waals surface area contributed by atoms with Crippen LogP contribution in [-0.2, 0) is 26.3 Å². The number of carbonyl (C=O) groups excluding carboxylic acids is 2. The van der Waals surface area contributed by atoms with Crippen molar-refractivity contribution in [2.75, 3.05) is 18.0 Å². The van der Waals surface area contributed by atoms with Crippen molar-refractivity contribution < 1.29 is 31.9 Å². The van der Waals surface area contributed by atoms with Gasteiger partial charge in [0.05, 0.1) is 12.7 Å². The number of nitrogens with one attached hydrogen (secondary N) is 1. The number of fused-ring (bicyclic) bond motifs is 1. The van der Waals surface area contributed by atoms with E-state index in [0.29, 0.717) is 9.69 Å². The molecular formula is C21H17FN2O6S. The fourth-order valence-electron chi connectivity index (χ4n) is 3.30. The van der Waals surface area contributed by atoms with Gasteiger partial charge in [-0.25, -0.2) is 18.2 Å². The van der Waals surface area contributed by atoms with Gasteiger partial charge in [-0.1, -0.05) is 36.4 Å². The molecule has 0 saturated carbocycles. The van der Waals surface area contributed by atoms with Gasteiger partial charge >= 0.3 is 16.2 Å². The monoisotopic (exact) mass is 444 g/mol. The summed E-state index contributed by atoms with van der Waals surface area (Å²) in [7, 11) is -3.04. The summed E-state index contributed by atoms with van der Waals surface area (Å²) in [5.41, 5.74) is 0.588. The Morgan fingerprint density at radius 1 is 1.16 bits per heavy atom. The first-order valence-electron chi connectivity index (χ1n) is 9.15. The standard InChI is InChI=1S/C21H17FN2O6S/c1-29-21(26)14-7-8-16-15(9-14)10-17(30-12-13-5-3-2-4-6-13)20(19(16)22)24-11-18(25)23-31(24,27)28/h2-10H,11-12H2,1H3,(H,23,25). The molecule has 1 amide bonds. The van der Waals surface area contributed by atoms with Gasteiger partial charge in [0, 0.05) is 5.39 Å². The van der Waals surface area contributed by atoms with Gasteiger partial charge in [0.15, 0.2) is 5.82 Å². The Labute approximate surface area is 177 Å². The highest BCUT2D eigenvalue weighted by molar-refractivity contribution is 7.92. The SMILES string of the molecule is COC(=O)c1ccc2c(F)c(N3CC(=O)NS3(=O)=O)c(OCc3ccccc3)cc2c1. The first-order chi connectivity index (χ1) is 14.8. The molecule has 0 bridgehead atoms. The molecular weight excluding hydrogens is 427 g/mol. The van der Waals surface area contributed by atoms with E-state index in [9.17, 15) is 18.0 Å². The smallest absolute Gasteiger partial charge is 0.337 e. The fourth-order valence-corrected chi connectivity index (χ4v) is 4.46. The van der Waals surface area contributed by atoms with E-state index in [-0.39, 0.29) is 29.0 Å². The number of hydrogen-bond donors (Lipinski definition) is 1. The highest BCUT2D eigenvalue weighted by Crippen LogP contribution is 2.39. The third-order valence-corrected chi connectivity index (χ3v) is 6.12. The third kappa shape index (κ3) is 3.89. The Morgan fingerprint density at radius 3 is 2.55 bits per heavy atom. The van der Waals surface area contributed by atoms with Crippen LogP contribution in [-0.4, -0.2) is 33.9 Å². The number of rotatable bonds is 5. The van der Waals surface area contributed by atoms with Crippen molar-refractivity contribution in [2.45, 2.75) is 6.61 Å². The minimum atomic E-state index is -4.27. The molecule has 4 rings (SSSR count). The second-order valence-electron chi connectivity index (χ2n) is 6.78. The lowest BCUT2D eigenvalue weighted by Gasteiger charge is -2.21. The van der Waals surface area contributed by atoms with Gasteiger partial charge in [-0.15, -0.1) is 0 Å². The Bertz CT molecular complexity index is 1290. The van der Waals surface area contributed by atoms with Crippen LogP contribution in [0.1, 0.15) is 15.9 Å². The molecule has 8 nitrogen and oxygen atoms in total. The summed E-state index contributed by atoms with van der Waals surface area (Å²) in [5, 5.41) is 0.368. The zero-order chi connectivity index (χ0) is 22.2. The molecule has 0 atom stereocenters. The van der Waals surface area contributed by atoms with Crippen LogP contribution in [0.2, 0.25) is 0 Å². The Kier molecular flexibility index (Phi) is 5.24. The second kappa shape index (κ2) is 7.88. The summed E-state index contributed by atoms with van der Waals surface area (Å²) in [6.45, 7) is -0.544. The number of halogens is 1. The molecule has 3 aromatic rings. The summed E-state index contributed by atoms with van der Waals surface area (Å²) in [5.74, 6) is -2.36. The average Bonchev–Trinajstić information content (AvgIpc) is 3.03. The maximum absolute atomic E-state index is 15.6. The lowest BCUT2D eigenvalue weighted by molar-refractivity contribution is -0.117. The molecule has 10 heteroatoms. The van der Waals surface area contributed by atoms with Crippen LogP contribution >= 0.6 is 0 Å². The normalized spacial score (nSPS) is 15.0. The van der Waals surface area contributed by atoms with Crippen molar-refractivity contribution in [1.82, 2.24) is 4.72 Å². The van der Waals surface area contributed by atoms with Crippen molar-refractivity contribution in [3.8, 4) is 5.75 Å². The number of anilines is 1. The summed E-state index contributed by atoms with van der Waals surface area (Å²) < 4.78 is 53.3. The minimum absolute atomic E-state index is 0.0325. The number of methoxy groups -OCH3 is 1. The van der Waals surface area contributed by atoms with E-state index < -0.39 is 34.4 Å². The summed E-state index contributed by atoms with van der Waals surface area (Å²) in [6.07, 6.45) is 0. The van der Waals surface area contributed by atoms with Crippen LogP contribution in [0.15, 0.2) is 54.6 Å². The van der Waals surface area contributed by atoms with E-state index in [1.807, 2.05) is 10.8 Å². The Hall–Kier alpha value is -3.66. The predicted molar refractivity (Wildman–Crippen MR) is 110 cm³/mol. The number of esters is 1. The Balaban J connectivity index is 1.87. The molecule has 3 aromatic carbocycles. The largest absolute Gasteiger partial charge is 0.487 e. The predicted octanol–water partition coefficient (Wildman–Crippen LogP) is 2.53. The van der Waals surface area contributed by atoms with Crippen molar-refractivity contribution in [2.24, 2.45) is 0 Å². The number of benzene rings is 3. The quantitative estimate of drug-likeness (QED) is 0.607. The van der Waals surface area contributed by atoms with Crippen LogP contribution in [0.3, 0.4) is 0 Å². The van der Waals surface area contributed by atoms with Crippen LogP contribution < -0.4 is 13.8 Å². The Morgan fingerprint density at radius 2 is 1.90 bits per heavy atom. The van der Waals surface area contributed by atoms with Crippen molar-refractivity contribution in [1.29, 1.82) is 0 Å². The average molecular weight is 444 g/mol. The van der Waals surface area contributed by atoms with E-state index in [2.05, 4.69) is 0 Å². The second-order valence-corrected chi connectivity index (χ2v) is 8.37. The van der Waals surface area contributed by atoms with E-state index in [0.717, 1.165) is 5.56 Å². The van der Waals surface area contributed by atoms with E-state index in [1.165, 1.54) is 31.4 Å². The highest BCUT2D eigenvalue weighted by atomic mass is 32.2. The molecule has 160 valence electrons. The van der Waals surface area contributed by atoms with Crippen LogP contribution in [0, 0.1) is 5.82 Å². The molecule has 0 aliphatic carbocycles. The molecule has 31 heavy (non-hydrogen) atoms. The molecule has 1 aliphatic heterocycles. The number of nitrogens with zero attached hydrogens (tertiary/aromatic N) is 1. The molecule has 0 radical (unpaired) electrons. The van der Waals surface area contributed by atoms with Gasteiger partial charge in [0.2, 0.25) is 0 Å². The minimum Gasteiger partial charge on any atom is -0.487 e. The first-order valence-corrected chi connectivity index (χ1v) is 10.6. The van der Waals surface area contributed by atoms with E-state index in [1.54, 1.807) is 24.3 Å². The number of carbonyl (C=O) groups is 2. The molecule has 0 unspecified atom stereocenters. The number of amides is 1. The van der Waals surface area contributed by atoms with E-state index >= 15 is 4.39 Å². The van der Waals surface area contributed by atoms with Crippen LogP contribution in [0.5, 0.6) is 5.75 Å². The molecule has 1 N–H and O–H groups in total. The van der Waals surface area contributed by atoms with Gasteiger partial charge in [0.1, 0.15) is 24.6 Å². The lowest BCUT2D eigenvalue weighted by atomic mass is 10.0. The molecule has 1 aliphatic rings. The molecule has 0 aromatic heterocycles. The van der Waals surface area contributed by atoms with Crippen molar-refractivity contribution in [3.05, 3.63) is 71.5 Å². The van der Waals surface area contributed by atoms with Gasteiger partial charge in [0.25, 0.3) is 5.91 Å². The van der Waals surface area contributed by atoms with Gasteiger partial charge in [-0.2, -0.15) is 8.42 Å². The van der Waals surface area contributed by atoms with Crippen LogP contribution in [0.4, 0.5) is 10.1 Å². The summed E-state index contributed by atoms with van der Waals surface area (Å²) >= 11 is 0. The van der Waals surface area contributed by atoms with Gasteiger partial charge in [-0.3, -0.25) is 4.79 Å². The summed E-state index contributed by atoms with van der Waals surface area (Å²) in [4.78, 5) is 23.6. The zero-order valence-electron chi connectivity index (χ0n) is 16.3. The highest BCUT2D eigenvalue weighted by Gasteiger charge is 2.38. The third-order valence-electron chi connectivity index (χ3n) is 4.74. The molecule has 1 saturated heterocycles. The van der Waals surface area contributed by atoms with Crippen molar-refractivity contribution >= 4 is 38.5 Å².